The number of hydrogen-bond donors (Lipinski definition) is 0. The highest BCUT2D eigenvalue weighted by Gasteiger charge is 2.21. The first kappa shape index (κ1) is 10.4. The van der Waals surface area contributed by atoms with E-state index in [1.54, 1.807) is 20.1 Å². The summed E-state index contributed by atoms with van der Waals surface area (Å²) in [5.41, 5.74) is 1.95. The Labute approximate surface area is 93.2 Å². The molecular formula is C12H11NO3. The summed E-state index contributed by atoms with van der Waals surface area (Å²) in [7, 11) is 1.60. The van der Waals surface area contributed by atoms with Crippen molar-refractivity contribution in [2.75, 3.05) is 7.11 Å². The maximum atomic E-state index is 11.3. The number of methoxy groups -OCH3 is 1. The number of oxime groups is 1. The van der Waals surface area contributed by atoms with Gasteiger partial charge < -0.3 is 9.57 Å². The third-order valence-electron chi connectivity index (χ3n) is 2.28. The van der Waals surface area contributed by atoms with Crippen LogP contribution >= 0.6 is 0 Å². The van der Waals surface area contributed by atoms with Crippen molar-refractivity contribution in [3.8, 4) is 5.75 Å². The lowest BCUT2D eigenvalue weighted by Crippen LogP contribution is -2.01. The van der Waals surface area contributed by atoms with Crippen LogP contribution < -0.4 is 4.74 Å². The molecule has 16 heavy (non-hydrogen) atoms. The monoisotopic (exact) mass is 217 g/mol. The summed E-state index contributed by atoms with van der Waals surface area (Å²) in [5, 5.41) is 3.60. The van der Waals surface area contributed by atoms with Crippen LogP contribution in [0.2, 0.25) is 0 Å². The number of benzene rings is 1. The van der Waals surface area contributed by atoms with Crippen molar-refractivity contribution in [3.05, 3.63) is 35.4 Å². The Balaban J connectivity index is 2.35. The van der Waals surface area contributed by atoms with Crippen LogP contribution in [0, 0.1) is 0 Å². The summed E-state index contributed by atoms with van der Waals surface area (Å²) < 4.78 is 5.10. The Morgan fingerprint density at radius 3 is 2.88 bits per heavy atom. The number of carbonyl (C=O) groups is 1. The summed E-state index contributed by atoms with van der Waals surface area (Å²) in [6.07, 6.45) is 1.73. The minimum atomic E-state index is -0.416. The molecule has 0 aromatic heterocycles. The van der Waals surface area contributed by atoms with Crippen LogP contribution in [0.3, 0.4) is 0 Å². The zero-order valence-electron chi connectivity index (χ0n) is 9.06. The van der Waals surface area contributed by atoms with Gasteiger partial charge in [0.1, 0.15) is 5.75 Å². The van der Waals surface area contributed by atoms with Gasteiger partial charge in [0.2, 0.25) is 0 Å². The fraction of sp³-hybridized carbons (Fsp3) is 0.167. The fourth-order valence-electron chi connectivity index (χ4n) is 1.42. The largest absolute Gasteiger partial charge is 0.497 e. The third-order valence-corrected chi connectivity index (χ3v) is 2.28. The van der Waals surface area contributed by atoms with Crippen LogP contribution in [0.4, 0.5) is 0 Å². The molecule has 0 saturated carbocycles. The zero-order chi connectivity index (χ0) is 11.5. The lowest BCUT2D eigenvalue weighted by Gasteiger charge is -2.00. The molecule has 0 N–H and O–H groups in total. The standard InChI is InChI=1S/C12H11NO3/c1-8-11(12(14)16-13-8)7-9-4-3-5-10(6-9)15-2/h3-7H,1-2H3/b11-7-. The Kier molecular flexibility index (Phi) is 2.72. The predicted octanol–water partition coefficient (Wildman–Crippen LogP) is 2.01. The van der Waals surface area contributed by atoms with Gasteiger partial charge in [0, 0.05) is 0 Å². The Bertz CT molecular complexity index is 489. The van der Waals surface area contributed by atoms with Crippen molar-refractivity contribution in [1.29, 1.82) is 0 Å². The molecule has 4 nitrogen and oxygen atoms in total. The predicted molar refractivity (Wildman–Crippen MR) is 60.2 cm³/mol. The highest BCUT2D eigenvalue weighted by atomic mass is 16.7. The number of hydrogen-bond acceptors (Lipinski definition) is 4. The minimum absolute atomic E-state index is 0.416. The highest BCUT2D eigenvalue weighted by Crippen LogP contribution is 2.18. The van der Waals surface area contributed by atoms with E-state index in [-0.39, 0.29) is 0 Å². The van der Waals surface area contributed by atoms with E-state index in [9.17, 15) is 4.79 Å². The SMILES string of the molecule is COc1cccc(/C=C2\C(=O)ON=C2C)c1. The van der Waals surface area contributed by atoms with E-state index < -0.39 is 5.97 Å². The zero-order valence-corrected chi connectivity index (χ0v) is 9.06. The highest BCUT2D eigenvalue weighted by molar-refractivity contribution is 6.24. The molecule has 0 unspecified atom stereocenters. The maximum Gasteiger partial charge on any atom is 0.367 e. The second-order valence-corrected chi connectivity index (χ2v) is 3.39. The smallest absolute Gasteiger partial charge is 0.367 e. The van der Waals surface area contributed by atoms with E-state index in [0.717, 1.165) is 11.3 Å². The van der Waals surface area contributed by atoms with Gasteiger partial charge in [0.15, 0.2) is 0 Å². The van der Waals surface area contributed by atoms with Crippen LogP contribution in [0.25, 0.3) is 6.08 Å². The van der Waals surface area contributed by atoms with Crippen molar-refractivity contribution < 1.29 is 14.4 Å². The van der Waals surface area contributed by atoms with Crippen LogP contribution in [0.15, 0.2) is 35.0 Å². The summed E-state index contributed by atoms with van der Waals surface area (Å²) in [5.74, 6) is 0.329. The molecule has 1 aromatic carbocycles. The molecule has 1 heterocycles. The van der Waals surface area contributed by atoms with E-state index in [4.69, 9.17) is 4.74 Å². The molecule has 82 valence electrons. The first-order valence-corrected chi connectivity index (χ1v) is 4.83. The van der Waals surface area contributed by atoms with E-state index in [2.05, 4.69) is 9.99 Å². The van der Waals surface area contributed by atoms with Gasteiger partial charge in [-0.05, 0) is 30.7 Å². The first-order chi connectivity index (χ1) is 7.70. The van der Waals surface area contributed by atoms with Gasteiger partial charge in [-0.1, -0.05) is 17.3 Å². The molecule has 0 fully saturated rings. The molecule has 0 amide bonds. The average Bonchev–Trinajstić information content (AvgIpc) is 2.61. The van der Waals surface area contributed by atoms with Crippen LogP contribution in [-0.4, -0.2) is 18.8 Å². The molecule has 0 bridgehead atoms. The van der Waals surface area contributed by atoms with E-state index in [1.165, 1.54) is 0 Å². The molecule has 1 aliphatic rings. The Morgan fingerprint density at radius 1 is 1.44 bits per heavy atom. The summed E-state index contributed by atoms with van der Waals surface area (Å²) in [6.45, 7) is 1.73. The van der Waals surface area contributed by atoms with Gasteiger partial charge in [-0.3, -0.25) is 0 Å². The van der Waals surface area contributed by atoms with Crippen molar-refractivity contribution >= 4 is 17.8 Å². The molecule has 4 heteroatoms. The molecule has 2 rings (SSSR count). The molecule has 1 aliphatic heterocycles. The first-order valence-electron chi connectivity index (χ1n) is 4.83. The topological polar surface area (TPSA) is 47.9 Å². The summed E-state index contributed by atoms with van der Waals surface area (Å²) >= 11 is 0. The van der Waals surface area contributed by atoms with Crippen LogP contribution in [0.1, 0.15) is 12.5 Å². The maximum absolute atomic E-state index is 11.3. The quantitative estimate of drug-likeness (QED) is 0.562. The van der Waals surface area contributed by atoms with E-state index in [0.29, 0.717) is 11.3 Å². The molecule has 0 saturated heterocycles. The fourth-order valence-corrected chi connectivity index (χ4v) is 1.42. The average molecular weight is 217 g/mol. The molecule has 1 aromatic rings. The number of rotatable bonds is 2. The van der Waals surface area contributed by atoms with Gasteiger partial charge in [0.05, 0.1) is 18.4 Å². The Morgan fingerprint density at radius 2 is 2.25 bits per heavy atom. The van der Waals surface area contributed by atoms with Gasteiger partial charge in [-0.25, -0.2) is 4.79 Å². The number of carbonyl (C=O) groups excluding carboxylic acids is 1. The van der Waals surface area contributed by atoms with Crippen LogP contribution in [-0.2, 0) is 9.63 Å². The van der Waals surface area contributed by atoms with Crippen molar-refractivity contribution in [2.24, 2.45) is 5.16 Å². The lowest BCUT2D eigenvalue weighted by atomic mass is 10.1. The number of nitrogens with zero attached hydrogens (tertiary/aromatic N) is 1. The molecule has 0 aliphatic carbocycles. The molecule has 0 spiro atoms. The van der Waals surface area contributed by atoms with Gasteiger partial charge >= 0.3 is 5.97 Å². The second-order valence-electron chi connectivity index (χ2n) is 3.39. The third kappa shape index (κ3) is 1.95. The normalized spacial score (nSPS) is 17.2. The summed E-state index contributed by atoms with van der Waals surface area (Å²) in [4.78, 5) is 15.9. The molecule has 0 radical (unpaired) electrons. The molecule has 0 atom stereocenters. The van der Waals surface area contributed by atoms with Gasteiger partial charge in [-0.15, -0.1) is 0 Å². The van der Waals surface area contributed by atoms with Crippen LogP contribution in [0.5, 0.6) is 5.75 Å². The van der Waals surface area contributed by atoms with Crippen molar-refractivity contribution in [1.82, 2.24) is 0 Å². The second kappa shape index (κ2) is 4.18. The van der Waals surface area contributed by atoms with Crippen molar-refractivity contribution in [2.45, 2.75) is 6.92 Å². The lowest BCUT2D eigenvalue weighted by molar-refractivity contribution is -0.136. The van der Waals surface area contributed by atoms with Gasteiger partial charge in [-0.2, -0.15) is 0 Å². The minimum Gasteiger partial charge on any atom is -0.497 e. The molecular weight excluding hydrogens is 206 g/mol. The van der Waals surface area contributed by atoms with E-state index >= 15 is 0 Å². The Hall–Kier alpha value is -2.10. The summed E-state index contributed by atoms with van der Waals surface area (Å²) in [6, 6.07) is 7.42. The number of ether oxygens (including phenoxy) is 1. The van der Waals surface area contributed by atoms with Gasteiger partial charge in [0.25, 0.3) is 0 Å². The van der Waals surface area contributed by atoms with Crippen molar-refractivity contribution in [3.63, 3.8) is 0 Å². The van der Waals surface area contributed by atoms with E-state index in [1.807, 2.05) is 24.3 Å².